The summed E-state index contributed by atoms with van der Waals surface area (Å²) in [6.45, 7) is 8.75. The van der Waals surface area contributed by atoms with Crippen LogP contribution in [-0.2, 0) is 5.41 Å². The molecule has 2 rings (SSSR count). The van der Waals surface area contributed by atoms with Gasteiger partial charge in [-0.2, -0.15) is 0 Å². The molecule has 0 spiro atoms. The van der Waals surface area contributed by atoms with Crippen LogP contribution >= 0.6 is 11.3 Å². The summed E-state index contributed by atoms with van der Waals surface area (Å²) in [5.41, 5.74) is 2.52. The molecule has 2 heteroatoms. The van der Waals surface area contributed by atoms with E-state index in [1.54, 1.807) is 0 Å². The summed E-state index contributed by atoms with van der Waals surface area (Å²) in [5, 5.41) is 0. The van der Waals surface area contributed by atoms with E-state index >= 15 is 0 Å². The number of hydrogen-bond donors (Lipinski definition) is 0. The van der Waals surface area contributed by atoms with Crippen LogP contribution in [0, 0.1) is 6.92 Å². The van der Waals surface area contributed by atoms with E-state index in [0.717, 1.165) is 5.69 Å². The lowest BCUT2D eigenvalue weighted by molar-refractivity contribution is 0.604. The lowest BCUT2D eigenvalue weighted by Gasteiger charge is -2.15. The number of pyridine rings is 1. The molecule has 0 fully saturated rings. The Bertz CT molecular complexity index is 474. The van der Waals surface area contributed by atoms with E-state index in [9.17, 15) is 0 Å². The first-order chi connectivity index (χ1) is 7.47. The minimum Gasteiger partial charge on any atom is -0.261 e. The lowest BCUT2D eigenvalue weighted by atomic mass is 9.95. The first-order valence-electron chi connectivity index (χ1n) is 5.50. The van der Waals surface area contributed by atoms with Crippen molar-refractivity contribution in [2.75, 3.05) is 0 Å². The van der Waals surface area contributed by atoms with E-state index in [2.05, 4.69) is 50.0 Å². The van der Waals surface area contributed by atoms with Crippen molar-refractivity contribution in [1.82, 2.24) is 4.98 Å². The fourth-order valence-corrected chi connectivity index (χ4v) is 2.56. The molecule has 0 unspecified atom stereocenters. The minimum absolute atomic E-state index is 0.237. The van der Waals surface area contributed by atoms with Crippen LogP contribution in [0.15, 0.2) is 30.5 Å². The van der Waals surface area contributed by atoms with Crippen molar-refractivity contribution in [1.29, 1.82) is 0 Å². The molecule has 2 aromatic heterocycles. The molecule has 0 amide bonds. The van der Waals surface area contributed by atoms with Crippen LogP contribution in [0.3, 0.4) is 0 Å². The highest BCUT2D eigenvalue weighted by Gasteiger charge is 2.16. The first-order valence-corrected chi connectivity index (χ1v) is 6.32. The van der Waals surface area contributed by atoms with Crippen molar-refractivity contribution in [2.24, 2.45) is 0 Å². The van der Waals surface area contributed by atoms with E-state index in [1.807, 2.05) is 24.5 Å². The largest absolute Gasteiger partial charge is 0.261 e. The fourth-order valence-electron chi connectivity index (χ4n) is 1.51. The van der Waals surface area contributed by atoms with Crippen LogP contribution in [0.1, 0.15) is 31.3 Å². The molecule has 0 bridgehead atoms. The number of nitrogens with zero attached hydrogens (tertiary/aromatic N) is 1. The van der Waals surface area contributed by atoms with E-state index < -0.39 is 0 Å². The monoisotopic (exact) mass is 231 g/mol. The molecule has 84 valence electrons. The van der Waals surface area contributed by atoms with Gasteiger partial charge in [-0.05, 0) is 30.5 Å². The average Bonchev–Trinajstić information content (AvgIpc) is 2.67. The number of aromatic nitrogens is 1. The Morgan fingerprint density at radius 1 is 1.06 bits per heavy atom. The maximum Gasteiger partial charge on any atom is 0.0373 e. The highest BCUT2D eigenvalue weighted by Crippen LogP contribution is 2.34. The predicted octanol–water partition coefficient (Wildman–Crippen LogP) is 4.42. The second kappa shape index (κ2) is 4.02. The Hall–Kier alpha value is -1.15. The maximum absolute atomic E-state index is 4.33. The zero-order valence-corrected chi connectivity index (χ0v) is 11.1. The molecule has 0 aliphatic rings. The van der Waals surface area contributed by atoms with Crippen molar-refractivity contribution in [3.05, 3.63) is 41.0 Å². The van der Waals surface area contributed by atoms with E-state index in [4.69, 9.17) is 0 Å². The normalized spacial score (nSPS) is 11.8. The smallest absolute Gasteiger partial charge is 0.0373 e. The molecule has 0 N–H and O–H groups in total. The number of hydrogen-bond acceptors (Lipinski definition) is 2. The second-order valence-electron chi connectivity index (χ2n) is 5.10. The van der Waals surface area contributed by atoms with Crippen LogP contribution in [0.25, 0.3) is 10.4 Å². The molecule has 16 heavy (non-hydrogen) atoms. The summed E-state index contributed by atoms with van der Waals surface area (Å²) in [7, 11) is 0. The van der Waals surface area contributed by atoms with Gasteiger partial charge < -0.3 is 0 Å². The van der Waals surface area contributed by atoms with E-state index in [1.165, 1.54) is 15.3 Å². The van der Waals surface area contributed by atoms with Gasteiger partial charge in [0.15, 0.2) is 0 Å². The van der Waals surface area contributed by atoms with Gasteiger partial charge in [0, 0.05) is 27.2 Å². The Morgan fingerprint density at radius 2 is 1.81 bits per heavy atom. The Labute approximate surface area is 101 Å². The molecular formula is C14H17NS. The standard InChI is InChI=1S/C14H17NS/c1-10-5-6-11(9-15-10)12-7-8-13(16-12)14(2,3)4/h5-9H,1-4H3. The highest BCUT2D eigenvalue weighted by molar-refractivity contribution is 7.15. The Balaban J connectivity index is 2.35. The molecule has 0 radical (unpaired) electrons. The quantitative estimate of drug-likeness (QED) is 0.708. The molecular weight excluding hydrogens is 214 g/mol. The van der Waals surface area contributed by atoms with Crippen molar-refractivity contribution < 1.29 is 0 Å². The van der Waals surface area contributed by atoms with Crippen molar-refractivity contribution >= 4 is 11.3 Å². The summed E-state index contributed by atoms with van der Waals surface area (Å²) in [4.78, 5) is 7.06. The topological polar surface area (TPSA) is 12.9 Å². The van der Waals surface area contributed by atoms with Gasteiger partial charge in [0.25, 0.3) is 0 Å². The zero-order chi connectivity index (χ0) is 11.8. The lowest BCUT2D eigenvalue weighted by Crippen LogP contribution is -2.07. The molecule has 0 aromatic carbocycles. The van der Waals surface area contributed by atoms with E-state index in [0.29, 0.717) is 0 Å². The summed E-state index contributed by atoms with van der Waals surface area (Å²) in [6, 6.07) is 8.61. The number of aryl methyl sites for hydroxylation is 1. The third-order valence-corrected chi connectivity index (χ3v) is 4.10. The number of thiophene rings is 1. The zero-order valence-electron chi connectivity index (χ0n) is 10.2. The van der Waals surface area contributed by atoms with Crippen LogP contribution in [0.4, 0.5) is 0 Å². The third kappa shape index (κ3) is 2.33. The summed E-state index contributed by atoms with van der Waals surface area (Å²) < 4.78 is 0. The maximum atomic E-state index is 4.33. The van der Waals surface area contributed by atoms with Crippen molar-refractivity contribution in [3.63, 3.8) is 0 Å². The van der Waals surface area contributed by atoms with Gasteiger partial charge in [0.2, 0.25) is 0 Å². The van der Waals surface area contributed by atoms with Gasteiger partial charge in [-0.25, -0.2) is 0 Å². The summed E-state index contributed by atoms with van der Waals surface area (Å²) >= 11 is 1.86. The van der Waals surface area contributed by atoms with Crippen LogP contribution in [-0.4, -0.2) is 4.98 Å². The molecule has 0 saturated carbocycles. The molecule has 0 saturated heterocycles. The van der Waals surface area contributed by atoms with Crippen molar-refractivity contribution in [3.8, 4) is 10.4 Å². The Morgan fingerprint density at radius 3 is 2.31 bits per heavy atom. The van der Waals surface area contributed by atoms with Crippen LogP contribution in [0.5, 0.6) is 0 Å². The molecule has 1 nitrogen and oxygen atoms in total. The molecule has 0 aliphatic heterocycles. The minimum atomic E-state index is 0.237. The molecule has 0 atom stereocenters. The van der Waals surface area contributed by atoms with Gasteiger partial charge in [-0.1, -0.05) is 26.8 Å². The van der Waals surface area contributed by atoms with Gasteiger partial charge in [0.1, 0.15) is 0 Å². The Kier molecular flexibility index (Phi) is 2.85. The average molecular weight is 231 g/mol. The molecule has 0 aliphatic carbocycles. The van der Waals surface area contributed by atoms with Crippen LogP contribution in [0.2, 0.25) is 0 Å². The second-order valence-corrected chi connectivity index (χ2v) is 6.19. The van der Waals surface area contributed by atoms with Gasteiger partial charge in [-0.15, -0.1) is 11.3 Å². The highest BCUT2D eigenvalue weighted by atomic mass is 32.1. The van der Waals surface area contributed by atoms with E-state index in [-0.39, 0.29) is 5.41 Å². The fraction of sp³-hybridized carbons (Fsp3) is 0.357. The molecule has 2 aromatic rings. The predicted molar refractivity (Wildman–Crippen MR) is 71.0 cm³/mol. The van der Waals surface area contributed by atoms with Gasteiger partial charge in [-0.3, -0.25) is 4.98 Å². The summed E-state index contributed by atoms with van der Waals surface area (Å²) in [5.74, 6) is 0. The SMILES string of the molecule is Cc1ccc(-c2ccc(C(C)(C)C)s2)cn1. The number of rotatable bonds is 1. The molecule has 2 heterocycles. The van der Waals surface area contributed by atoms with Gasteiger partial charge >= 0.3 is 0 Å². The first kappa shape index (κ1) is 11.3. The third-order valence-electron chi connectivity index (χ3n) is 2.54. The van der Waals surface area contributed by atoms with Gasteiger partial charge in [0.05, 0.1) is 0 Å². The summed E-state index contributed by atoms with van der Waals surface area (Å²) in [6.07, 6.45) is 1.95. The van der Waals surface area contributed by atoms with Crippen LogP contribution < -0.4 is 0 Å². The van der Waals surface area contributed by atoms with Crippen molar-refractivity contribution in [2.45, 2.75) is 33.1 Å².